The van der Waals surface area contributed by atoms with E-state index in [1.54, 1.807) is 0 Å². The number of hydrogen-bond donors (Lipinski definition) is 0. The summed E-state index contributed by atoms with van der Waals surface area (Å²) in [5, 5.41) is 0.0183. The van der Waals surface area contributed by atoms with Crippen molar-refractivity contribution < 1.29 is 4.68 Å². The molecule has 0 saturated heterocycles. The van der Waals surface area contributed by atoms with E-state index in [2.05, 4.69) is 16.8 Å². The molecular formula is C12H14ClN2+. The number of halogens is 1. The van der Waals surface area contributed by atoms with Crippen LogP contribution in [-0.2, 0) is 13.6 Å². The first-order valence-electron chi connectivity index (χ1n) is 4.97. The number of aryl methyl sites for hydroxylation is 1. The largest absolute Gasteiger partial charge is 0.195 e. The van der Waals surface area contributed by atoms with Gasteiger partial charge in [0.05, 0.1) is 18.1 Å². The summed E-state index contributed by atoms with van der Waals surface area (Å²) >= 11 is 6.34. The lowest BCUT2D eigenvalue weighted by atomic mass is 10.1. The van der Waals surface area contributed by atoms with Crippen LogP contribution in [0.2, 0.25) is 0 Å². The van der Waals surface area contributed by atoms with Gasteiger partial charge in [-0.05, 0) is 5.56 Å². The van der Waals surface area contributed by atoms with Crippen LogP contribution < -0.4 is 4.68 Å². The third-order valence-electron chi connectivity index (χ3n) is 2.47. The SMILES string of the molecule is C[n+]1cccn1CC(Cl)c1ccccc1. The normalized spacial score (nSPS) is 12.7. The van der Waals surface area contributed by atoms with Gasteiger partial charge >= 0.3 is 0 Å². The molecule has 1 unspecified atom stereocenters. The van der Waals surface area contributed by atoms with E-state index in [-0.39, 0.29) is 5.38 Å². The third-order valence-corrected chi connectivity index (χ3v) is 2.86. The molecule has 0 aliphatic carbocycles. The zero-order chi connectivity index (χ0) is 10.7. The van der Waals surface area contributed by atoms with Crippen molar-refractivity contribution in [3.8, 4) is 0 Å². The Labute approximate surface area is 94.7 Å². The lowest BCUT2D eigenvalue weighted by Crippen LogP contribution is -2.38. The van der Waals surface area contributed by atoms with Crippen LogP contribution in [0.5, 0.6) is 0 Å². The van der Waals surface area contributed by atoms with Gasteiger partial charge in [0.1, 0.15) is 0 Å². The Kier molecular flexibility index (Phi) is 3.07. The highest BCUT2D eigenvalue weighted by Gasteiger charge is 2.11. The summed E-state index contributed by atoms with van der Waals surface area (Å²) in [5.41, 5.74) is 1.16. The zero-order valence-electron chi connectivity index (χ0n) is 8.68. The molecule has 0 amide bonds. The van der Waals surface area contributed by atoms with Crippen molar-refractivity contribution >= 4 is 11.6 Å². The number of rotatable bonds is 3. The molecule has 78 valence electrons. The summed E-state index contributed by atoms with van der Waals surface area (Å²) in [5.74, 6) is 0. The maximum Gasteiger partial charge on any atom is 0.195 e. The first-order chi connectivity index (χ1) is 7.27. The quantitative estimate of drug-likeness (QED) is 0.556. The van der Waals surface area contributed by atoms with Crippen molar-refractivity contribution in [2.24, 2.45) is 7.05 Å². The van der Waals surface area contributed by atoms with Gasteiger partial charge in [0.15, 0.2) is 13.2 Å². The molecule has 2 nitrogen and oxygen atoms in total. The lowest BCUT2D eigenvalue weighted by molar-refractivity contribution is -0.753. The second kappa shape index (κ2) is 4.49. The van der Waals surface area contributed by atoms with Crippen LogP contribution >= 0.6 is 11.6 Å². The molecule has 0 saturated carbocycles. The average molecular weight is 222 g/mol. The topological polar surface area (TPSA) is 8.81 Å². The van der Waals surface area contributed by atoms with Crippen molar-refractivity contribution in [2.75, 3.05) is 0 Å². The molecule has 1 aromatic carbocycles. The molecule has 1 heterocycles. The molecule has 1 aromatic heterocycles. The van der Waals surface area contributed by atoms with Crippen LogP contribution in [0.4, 0.5) is 0 Å². The fourth-order valence-corrected chi connectivity index (χ4v) is 1.86. The van der Waals surface area contributed by atoms with E-state index >= 15 is 0 Å². The molecule has 0 aliphatic rings. The Bertz CT molecular complexity index is 422. The third kappa shape index (κ3) is 2.39. The van der Waals surface area contributed by atoms with Gasteiger partial charge in [-0.25, -0.2) is 0 Å². The van der Waals surface area contributed by atoms with Crippen LogP contribution in [0, 0.1) is 0 Å². The molecule has 1 atom stereocenters. The van der Waals surface area contributed by atoms with Gasteiger partial charge in [-0.3, -0.25) is 0 Å². The zero-order valence-corrected chi connectivity index (χ0v) is 9.43. The highest BCUT2D eigenvalue weighted by Crippen LogP contribution is 2.21. The van der Waals surface area contributed by atoms with E-state index in [0.717, 1.165) is 12.1 Å². The highest BCUT2D eigenvalue weighted by molar-refractivity contribution is 6.20. The van der Waals surface area contributed by atoms with Crippen molar-refractivity contribution in [3.05, 3.63) is 54.4 Å². The van der Waals surface area contributed by atoms with Gasteiger partial charge in [-0.15, -0.1) is 16.3 Å². The van der Waals surface area contributed by atoms with E-state index in [0.29, 0.717) is 0 Å². The summed E-state index contributed by atoms with van der Waals surface area (Å²) in [6.45, 7) is 0.787. The van der Waals surface area contributed by atoms with E-state index < -0.39 is 0 Å². The maximum absolute atomic E-state index is 6.34. The average Bonchev–Trinajstić information content (AvgIpc) is 2.66. The monoisotopic (exact) mass is 221 g/mol. The first kappa shape index (κ1) is 10.2. The molecular weight excluding hydrogens is 208 g/mol. The van der Waals surface area contributed by atoms with Crippen LogP contribution in [-0.4, -0.2) is 4.68 Å². The minimum absolute atomic E-state index is 0.0183. The predicted molar refractivity (Wildman–Crippen MR) is 60.6 cm³/mol. The van der Waals surface area contributed by atoms with Gasteiger partial charge in [0.25, 0.3) is 0 Å². The van der Waals surface area contributed by atoms with Crippen LogP contribution in [0.3, 0.4) is 0 Å². The molecule has 0 spiro atoms. The molecule has 15 heavy (non-hydrogen) atoms. The van der Waals surface area contributed by atoms with E-state index in [1.165, 1.54) is 0 Å². The van der Waals surface area contributed by atoms with Gasteiger partial charge in [-0.1, -0.05) is 30.3 Å². The van der Waals surface area contributed by atoms with Crippen molar-refractivity contribution in [1.29, 1.82) is 0 Å². The smallest absolute Gasteiger partial charge is 0.159 e. The van der Waals surface area contributed by atoms with Gasteiger partial charge in [-0.2, -0.15) is 4.68 Å². The fourth-order valence-electron chi connectivity index (χ4n) is 1.57. The van der Waals surface area contributed by atoms with Crippen molar-refractivity contribution in [1.82, 2.24) is 4.68 Å². The summed E-state index contributed by atoms with van der Waals surface area (Å²) < 4.78 is 4.11. The summed E-state index contributed by atoms with van der Waals surface area (Å²) in [6, 6.07) is 12.2. The molecule has 0 N–H and O–H groups in total. The van der Waals surface area contributed by atoms with Gasteiger partial charge < -0.3 is 0 Å². The summed E-state index contributed by atoms with van der Waals surface area (Å²) in [4.78, 5) is 0. The number of hydrogen-bond acceptors (Lipinski definition) is 0. The second-order valence-corrected chi connectivity index (χ2v) is 4.09. The molecule has 2 rings (SSSR count). The number of aromatic nitrogens is 2. The Morgan fingerprint density at radius 3 is 2.60 bits per heavy atom. The van der Waals surface area contributed by atoms with Gasteiger partial charge in [0, 0.05) is 6.07 Å². The second-order valence-electron chi connectivity index (χ2n) is 3.56. The van der Waals surface area contributed by atoms with Crippen LogP contribution in [0.25, 0.3) is 0 Å². The molecule has 0 radical (unpaired) electrons. The molecule has 0 bridgehead atoms. The van der Waals surface area contributed by atoms with Crippen LogP contribution in [0.1, 0.15) is 10.9 Å². The Morgan fingerprint density at radius 1 is 1.27 bits per heavy atom. The van der Waals surface area contributed by atoms with E-state index in [4.69, 9.17) is 11.6 Å². The predicted octanol–water partition coefficient (Wildman–Crippen LogP) is 2.29. The van der Waals surface area contributed by atoms with Crippen LogP contribution in [0.15, 0.2) is 48.8 Å². The van der Waals surface area contributed by atoms with Crippen molar-refractivity contribution in [3.63, 3.8) is 0 Å². The minimum atomic E-state index is 0.0183. The number of benzene rings is 1. The molecule has 2 aromatic rings. The Hall–Kier alpha value is -1.28. The molecule has 3 heteroatoms. The van der Waals surface area contributed by atoms with Gasteiger partial charge in [0.2, 0.25) is 0 Å². The summed E-state index contributed by atoms with van der Waals surface area (Å²) in [6.07, 6.45) is 4.03. The molecule has 0 fully saturated rings. The maximum atomic E-state index is 6.34. The standard InChI is InChI=1S/C12H14ClN2/c1-14-8-5-9-15(14)10-12(13)11-6-3-2-4-7-11/h2-9,12H,10H2,1H3/q+1. The minimum Gasteiger partial charge on any atom is -0.159 e. The Balaban J connectivity index is 2.11. The summed E-state index contributed by atoms with van der Waals surface area (Å²) in [7, 11) is 2.01. The fraction of sp³-hybridized carbons (Fsp3) is 0.250. The number of nitrogens with zero attached hydrogens (tertiary/aromatic N) is 2. The first-order valence-corrected chi connectivity index (χ1v) is 5.41. The van der Waals surface area contributed by atoms with Crippen molar-refractivity contribution in [2.45, 2.75) is 11.9 Å². The van der Waals surface area contributed by atoms with E-state index in [1.807, 2.05) is 48.4 Å². The van der Waals surface area contributed by atoms with E-state index in [9.17, 15) is 0 Å². The Morgan fingerprint density at radius 2 is 2.00 bits per heavy atom. The highest BCUT2D eigenvalue weighted by atomic mass is 35.5. The lowest BCUT2D eigenvalue weighted by Gasteiger charge is -2.08. The number of alkyl halides is 1. The molecule has 0 aliphatic heterocycles.